The molecule has 0 saturated heterocycles. The van der Waals surface area contributed by atoms with E-state index in [0.717, 1.165) is 0 Å². The molecule has 0 saturated carbocycles. The lowest BCUT2D eigenvalue weighted by atomic mass is 10.2. The van der Waals surface area contributed by atoms with Crippen molar-refractivity contribution in [3.05, 3.63) is 29.8 Å². The molecule has 0 aliphatic rings. The van der Waals surface area contributed by atoms with Crippen molar-refractivity contribution in [2.24, 2.45) is 0 Å². The maximum atomic E-state index is 12.3. The van der Waals surface area contributed by atoms with Crippen molar-refractivity contribution in [1.82, 2.24) is 4.90 Å². The van der Waals surface area contributed by atoms with Crippen LogP contribution in [0.5, 0.6) is 5.75 Å². The van der Waals surface area contributed by atoms with Gasteiger partial charge in [0.05, 0.1) is 18.8 Å². The third-order valence-electron chi connectivity index (χ3n) is 2.68. The normalized spacial score (nSPS) is 10.0. The lowest BCUT2D eigenvalue weighted by Gasteiger charge is -2.18. The number of hydrogen-bond donors (Lipinski definition) is 0. The number of likely N-dealkylation sites (N-methyl/N-ethyl adjacent to an activating group) is 1. The summed E-state index contributed by atoms with van der Waals surface area (Å²) in [5, 5.41) is 0. The Bertz CT molecular complexity index is 475. The molecule has 6 heteroatoms. The summed E-state index contributed by atoms with van der Waals surface area (Å²) in [6.45, 7) is 2.69. The zero-order valence-electron chi connectivity index (χ0n) is 12.6. The van der Waals surface area contributed by atoms with Crippen molar-refractivity contribution in [3.63, 3.8) is 0 Å². The van der Waals surface area contributed by atoms with Gasteiger partial charge in [-0.15, -0.1) is 0 Å². The van der Waals surface area contributed by atoms with E-state index in [2.05, 4.69) is 0 Å². The Balaban J connectivity index is 2.74. The Kier molecular flexibility index (Phi) is 7.25. The fraction of sp³-hybridized carbons (Fsp3) is 0.467. The number of para-hydroxylation sites is 1. The Hall–Kier alpha value is -2.08. The highest BCUT2D eigenvalue weighted by Gasteiger charge is 2.19. The van der Waals surface area contributed by atoms with Crippen LogP contribution in [0, 0.1) is 0 Å². The summed E-state index contributed by atoms with van der Waals surface area (Å²) < 4.78 is 15.2. The van der Waals surface area contributed by atoms with Gasteiger partial charge in [0.1, 0.15) is 18.9 Å². The van der Waals surface area contributed by atoms with E-state index in [0.29, 0.717) is 24.5 Å². The molecule has 1 amide bonds. The van der Waals surface area contributed by atoms with Crippen LogP contribution in [0.1, 0.15) is 17.3 Å². The molecule has 1 aromatic carbocycles. The topological polar surface area (TPSA) is 65.1 Å². The average molecular weight is 295 g/mol. The van der Waals surface area contributed by atoms with Crippen LogP contribution >= 0.6 is 0 Å². The van der Waals surface area contributed by atoms with Crippen LogP contribution in [0.2, 0.25) is 0 Å². The molecule has 1 rings (SSSR count). The van der Waals surface area contributed by atoms with Crippen LogP contribution in [0.25, 0.3) is 0 Å². The van der Waals surface area contributed by atoms with Crippen molar-refractivity contribution < 1.29 is 23.8 Å². The minimum Gasteiger partial charge on any atom is -0.490 e. The number of benzene rings is 1. The summed E-state index contributed by atoms with van der Waals surface area (Å²) in [4.78, 5) is 25.1. The van der Waals surface area contributed by atoms with E-state index >= 15 is 0 Å². The maximum Gasteiger partial charge on any atom is 0.325 e. The number of carbonyl (C=O) groups excluding carboxylic acids is 2. The van der Waals surface area contributed by atoms with Crippen molar-refractivity contribution >= 4 is 11.9 Å². The number of amides is 1. The summed E-state index contributed by atoms with van der Waals surface area (Å²) in [7, 11) is 3.12. The molecular formula is C15H21NO5. The predicted molar refractivity (Wildman–Crippen MR) is 77.4 cm³/mol. The predicted octanol–water partition coefficient (Wildman–Crippen LogP) is 1.35. The first-order valence-electron chi connectivity index (χ1n) is 6.72. The lowest BCUT2D eigenvalue weighted by molar-refractivity contribution is -0.143. The van der Waals surface area contributed by atoms with E-state index in [4.69, 9.17) is 14.2 Å². The molecule has 0 bridgehead atoms. The van der Waals surface area contributed by atoms with E-state index in [-0.39, 0.29) is 19.1 Å². The summed E-state index contributed by atoms with van der Waals surface area (Å²) in [6.07, 6.45) is 0. The van der Waals surface area contributed by atoms with Crippen molar-refractivity contribution in [1.29, 1.82) is 0 Å². The molecule has 0 unspecified atom stereocenters. The SMILES string of the molecule is CCOC(=O)CN(C)C(=O)c1ccccc1OCCOC. The second-order valence-electron chi connectivity index (χ2n) is 4.30. The Morgan fingerprint density at radius 2 is 1.90 bits per heavy atom. The summed E-state index contributed by atoms with van der Waals surface area (Å²) in [5.41, 5.74) is 0.403. The molecule has 0 aliphatic heterocycles. The van der Waals surface area contributed by atoms with Gasteiger partial charge in [0.25, 0.3) is 5.91 Å². The molecule has 0 aromatic heterocycles. The molecular weight excluding hydrogens is 274 g/mol. The molecule has 21 heavy (non-hydrogen) atoms. The number of rotatable bonds is 8. The van der Waals surface area contributed by atoms with Crippen LogP contribution in [-0.2, 0) is 14.3 Å². The van der Waals surface area contributed by atoms with Crippen LogP contribution in [0.3, 0.4) is 0 Å². The van der Waals surface area contributed by atoms with E-state index < -0.39 is 5.97 Å². The maximum absolute atomic E-state index is 12.3. The quantitative estimate of drug-likeness (QED) is 0.535. The number of methoxy groups -OCH3 is 1. The fourth-order valence-electron chi connectivity index (χ4n) is 1.68. The number of carbonyl (C=O) groups is 2. The fourth-order valence-corrected chi connectivity index (χ4v) is 1.68. The third-order valence-corrected chi connectivity index (χ3v) is 2.68. The number of hydrogen-bond acceptors (Lipinski definition) is 5. The van der Waals surface area contributed by atoms with Gasteiger partial charge in [-0.1, -0.05) is 12.1 Å². The van der Waals surface area contributed by atoms with Crippen LogP contribution < -0.4 is 4.74 Å². The third kappa shape index (κ3) is 5.43. The van der Waals surface area contributed by atoms with Gasteiger partial charge in [0.15, 0.2) is 0 Å². The molecule has 0 heterocycles. The smallest absolute Gasteiger partial charge is 0.325 e. The number of esters is 1. The summed E-state index contributed by atoms with van der Waals surface area (Å²) >= 11 is 0. The van der Waals surface area contributed by atoms with Crippen molar-refractivity contribution in [2.75, 3.05) is 40.5 Å². The Labute approximate surface area is 124 Å². The Morgan fingerprint density at radius 1 is 1.19 bits per heavy atom. The summed E-state index contributed by atoms with van der Waals surface area (Å²) in [5.74, 6) is -0.266. The monoisotopic (exact) mass is 295 g/mol. The first-order chi connectivity index (χ1) is 10.1. The Morgan fingerprint density at radius 3 is 2.57 bits per heavy atom. The van der Waals surface area contributed by atoms with Gasteiger partial charge >= 0.3 is 5.97 Å². The highest BCUT2D eigenvalue weighted by atomic mass is 16.5. The number of nitrogens with zero attached hydrogens (tertiary/aromatic N) is 1. The van der Waals surface area contributed by atoms with Gasteiger partial charge in [0.2, 0.25) is 0 Å². The van der Waals surface area contributed by atoms with Gasteiger partial charge in [-0.3, -0.25) is 9.59 Å². The molecule has 0 radical (unpaired) electrons. The summed E-state index contributed by atoms with van der Waals surface area (Å²) in [6, 6.07) is 6.89. The minimum atomic E-state index is -0.439. The second kappa shape index (κ2) is 8.97. The van der Waals surface area contributed by atoms with E-state index in [9.17, 15) is 9.59 Å². The van der Waals surface area contributed by atoms with Crippen molar-refractivity contribution in [2.45, 2.75) is 6.92 Å². The first kappa shape index (κ1) is 17.0. The highest BCUT2D eigenvalue weighted by Crippen LogP contribution is 2.19. The van der Waals surface area contributed by atoms with Crippen LogP contribution in [-0.4, -0.2) is 57.3 Å². The molecule has 0 aliphatic carbocycles. The van der Waals surface area contributed by atoms with Crippen molar-refractivity contribution in [3.8, 4) is 5.75 Å². The lowest BCUT2D eigenvalue weighted by Crippen LogP contribution is -2.33. The molecule has 0 fully saturated rings. The van der Waals surface area contributed by atoms with Gasteiger partial charge in [-0.2, -0.15) is 0 Å². The molecule has 1 aromatic rings. The van der Waals surface area contributed by atoms with Gasteiger partial charge in [-0.25, -0.2) is 0 Å². The van der Waals surface area contributed by atoms with E-state index in [1.807, 2.05) is 0 Å². The zero-order valence-corrected chi connectivity index (χ0v) is 12.6. The first-order valence-corrected chi connectivity index (χ1v) is 6.72. The molecule has 6 nitrogen and oxygen atoms in total. The van der Waals surface area contributed by atoms with E-state index in [1.165, 1.54) is 4.90 Å². The number of ether oxygens (including phenoxy) is 3. The minimum absolute atomic E-state index is 0.0981. The van der Waals surface area contributed by atoms with E-state index in [1.54, 1.807) is 45.3 Å². The van der Waals surface area contributed by atoms with Gasteiger partial charge < -0.3 is 19.1 Å². The molecule has 0 atom stereocenters. The highest BCUT2D eigenvalue weighted by molar-refractivity contribution is 5.98. The second-order valence-corrected chi connectivity index (χ2v) is 4.30. The van der Waals surface area contributed by atoms with Crippen LogP contribution in [0.4, 0.5) is 0 Å². The standard InChI is InChI=1S/C15H21NO5/c1-4-20-14(17)11-16(2)15(18)12-7-5-6-8-13(12)21-10-9-19-3/h5-8H,4,9-11H2,1-3H3. The van der Waals surface area contributed by atoms with Crippen LogP contribution in [0.15, 0.2) is 24.3 Å². The van der Waals surface area contributed by atoms with Gasteiger partial charge in [0, 0.05) is 14.2 Å². The largest absolute Gasteiger partial charge is 0.490 e. The zero-order chi connectivity index (χ0) is 15.7. The molecule has 116 valence electrons. The molecule has 0 N–H and O–H groups in total. The average Bonchev–Trinajstić information content (AvgIpc) is 2.47. The molecule has 0 spiro atoms. The van der Waals surface area contributed by atoms with Gasteiger partial charge in [-0.05, 0) is 19.1 Å².